The van der Waals surface area contributed by atoms with Crippen LogP contribution < -0.4 is 5.73 Å². The predicted octanol–water partition coefficient (Wildman–Crippen LogP) is 5.47. The molecule has 0 radical (unpaired) electrons. The zero-order valence-electron chi connectivity index (χ0n) is 16.3. The fourth-order valence-electron chi connectivity index (χ4n) is 3.64. The van der Waals surface area contributed by atoms with Crippen molar-refractivity contribution in [3.63, 3.8) is 0 Å². The lowest BCUT2D eigenvalue weighted by Gasteiger charge is -2.13. The second-order valence-electron chi connectivity index (χ2n) is 6.91. The molecule has 8 heteroatoms. The number of hydrogen-bond donors (Lipinski definition) is 1. The number of benzene rings is 2. The fraction of sp³-hybridized carbons (Fsp3) is 0.227. The molecule has 0 atom stereocenters. The summed E-state index contributed by atoms with van der Waals surface area (Å²) in [6.07, 6.45) is -4.04. The van der Waals surface area contributed by atoms with Gasteiger partial charge in [-0.15, -0.1) is 0 Å². The highest BCUT2D eigenvalue weighted by Crippen LogP contribution is 2.36. The highest BCUT2D eigenvalue weighted by atomic mass is 19.4. The van der Waals surface area contributed by atoms with Gasteiger partial charge in [0.05, 0.1) is 11.1 Å². The fourth-order valence-corrected chi connectivity index (χ4v) is 3.64. The van der Waals surface area contributed by atoms with Crippen LogP contribution in [0.15, 0.2) is 42.5 Å². The Kier molecular flexibility index (Phi) is 5.70. The van der Waals surface area contributed by atoms with Gasteiger partial charge in [-0.05, 0) is 48.7 Å². The van der Waals surface area contributed by atoms with Crippen molar-refractivity contribution in [1.82, 2.24) is 4.57 Å². The summed E-state index contributed by atoms with van der Waals surface area (Å²) in [5, 5.41) is 0. The van der Waals surface area contributed by atoms with Crippen molar-refractivity contribution >= 4 is 5.91 Å². The maximum absolute atomic E-state index is 13.6. The van der Waals surface area contributed by atoms with Crippen LogP contribution in [-0.2, 0) is 19.1 Å². The summed E-state index contributed by atoms with van der Waals surface area (Å²) in [6.45, 7) is 3.63. The van der Waals surface area contributed by atoms with E-state index in [-0.39, 0.29) is 12.1 Å². The monoisotopic (exact) mass is 422 g/mol. The van der Waals surface area contributed by atoms with Crippen LogP contribution >= 0.6 is 0 Å². The second kappa shape index (κ2) is 7.93. The first-order valence-corrected chi connectivity index (χ1v) is 9.17. The molecule has 2 N–H and O–H groups in total. The summed E-state index contributed by atoms with van der Waals surface area (Å²) >= 11 is 0. The van der Waals surface area contributed by atoms with Crippen LogP contribution in [0.3, 0.4) is 0 Å². The Bertz CT molecular complexity index is 1100. The molecule has 30 heavy (non-hydrogen) atoms. The SMILES string of the molecule is CCc1c(-c2ccc(C(F)(F)F)cc2)c(C(N)=O)c(C)n1Cc1ccc(F)c(F)c1. The zero-order chi connectivity index (χ0) is 22.2. The molecule has 0 aliphatic carbocycles. The molecule has 3 rings (SSSR count). The van der Waals surface area contributed by atoms with Crippen molar-refractivity contribution in [2.24, 2.45) is 5.73 Å². The molecule has 0 unspecified atom stereocenters. The zero-order valence-corrected chi connectivity index (χ0v) is 16.3. The topological polar surface area (TPSA) is 48.0 Å². The molecule has 158 valence electrons. The first kappa shape index (κ1) is 21.5. The largest absolute Gasteiger partial charge is 0.416 e. The molecule has 3 aromatic rings. The summed E-state index contributed by atoms with van der Waals surface area (Å²) < 4.78 is 67.4. The molecular formula is C22H19F5N2O. The van der Waals surface area contributed by atoms with E-state index in [1.54, 1.807) is 11.5 Å². The smallest absolute Gasteiger partial charge is 0.366 e. The van der Waals surface area contributed by atoms with E-state index < -0.39 is 29.3 Å². The van der Waals surface area contributed by atoms with Gasteiger partial charge < -0.3 is 10.3 Å². The number of alkyl halides is 3. The van der Waals surface area contributed by atoms with Gasteiger partial charge in [0.1, 0.15) is 0 Å². The number of carbonyl (C=O) groups is 1. The van der Waals surface area contributed by atoms with Crippen molar-refractivity contribution < 1.29 is 26.7 Å². The van der Waals surface area contributed by atoms with Crippen LogP contribution in [0.2, 0.25) is 0 Å². The molecular weight excluding hydrogens is 403 g/mol. The average molecular weight is 422 g/mol. The summed E-state index contributed by atoms with van der Waals surface area (Å²) in [7, 11) is 0. The maximum atomic E-state index is 13.6. The summed E-state index contributed by atoms with van der Waals surface area (Å²) in [5.74, 6) is -2.68. The van der Waals surface area contributed by atoms with Crippen molar-refractivity contribution in [2.45, 2.75) is 33.0 Å². The number of primary amides is 1. The number of carbonyl (C=O) groups excluding carboxylic acids is 1. The number of amides is 1. The van der Waals surface area contributed by atoms with E-state index in [0.29, 0.717) is 34.5 Å². The maximum Gasteiger partial charge on any atom is 0.416 e. The van der Waals surface area contributed by atoms with Gasteiger partial charge in [0.25, 0.3) is 5.91 Å². The highest BCUT2D eigenvalue weighted by molar-refractivity contribution is 6.02. The van der Waals surface area contributed by atoms with E-state index in [2.05, 4.69) is 0 Å². The number of hydrogen-bond acceptors (Lipinski definition) is 1. The third kappa shape index (κ3) is 3.94. The van der Waals surface area contributed by atoms with Gasteiger partial charge >= 0.3 is 6.18 Å². The van der Waals surface area contributed by atoms with Gasteiger partial charge in [0.15, 0.2) is 11.6 Å². The third-order valence-electron chi connectivity index (χ3n) is 5.04. The molecule has 0 aliphatic rings. The van der Waals surface area contributed by atoms with Crippen molar-refractivity contribution in [3.8, 4) is 11.1 Å². The highest BCUT2D eigenvalue weighted by Gasteiger charge is 2.31. The average Bonchev–Trinajstić information content (AvgIpc) is 2.96. The standard InChI is InChI=1S/C22H19F5N2O/c1-3-18-20(14-5-7-15(8-6-14)22(25,26)27)19(21(28)30)12(2)29(18)11-13-4-9-16(23)17(24)10-13/h4-10H,3,11H2,1-2H3,(H2,28,30). The Morgan fingerprint density at radius 3 is 2.17 bits per heavy atom. The normalized spacial score (nSPS) is 11.7. The molecule has 0 spiro atoms. The first-order valence-electron chi connectivity index (χ1n) is 9.17. The number of rotatable bonds is 5. The predicted molar refractivity (Wildman–Crippen MR) is 103 cm³/mol. The summed E-state index contributed by atoms with van der Waals surface area (Å²) in [6, 6.07) is 8.00. The van der Waals surface area contributed by atoms with E-state index in [1.807, 2.05) is 6.92 Å². The number of halogens is 5. The van der Waals surface area contributed by atoms with Gasteiger partial charge in [0.2, 0.25) is 0 Å². The lowest BCUT2D eigenvalue weighted by Crippen LogP contribution is -2.13. The van der Waals surface area contributed by atoms with Crippen LogP contribution in [-0.4, -0.2) is 10.5 Å². The molecule has 0 saturated heterocycles. The van der Waals surface area contributed by atoms with Crippen molar-refractivity contribution in [3.05, 3.63) is 82.2 Å². The first-order chi connectivity index (χ1) is 14.0. The number of aromatic nitrogens is 1. The molecule has 1 heterocycles. The van der Waals surface area contributed by atoms with Crippen LogP contribution in [0, 0.1) is 18.6 Å². The summed E-state index contributed by atoms with van der Waals surface area (Å²) in [5.41, 5.74) is 7.46. The third-order valence-corrected chi connectivity index (χ3v) is 5.04. The Labute approximate surface area is 169 Å². The van der Waals surface area contributed by atoms with E-state index >= 15 is 0 Å². The minimum Gasteiger partial charge on any atom is -0.366 e. The Balaban J connectivity index is 2.16. The number of nitrogens with zero attached hydrogens (tertiary/aromatic N) is 1. The Morgan fingerprint density at radius 2 is 1.67 bits per heavy atom. The molecule has 1 amide bonds. The molecule has 0 saturated carbocycles. The van der Waals surface area contributed by atoms with Crippen LogP contribution in [0.1, 0.15) is 39.8 Å². The Hall–Kier alpha value is -3.16. The van der Waals surface area contributed by atoms with Crippen molar-refractivity contribution in [1.29, 1.82) is 0 Å². The Morgan fingerprint density at radius 1 is 1.03 bits per heavy atom. The van der Waals surface area contributed by atoms with Gasteiger partial charge in [-0.25, -0.2) is 8.78 Å². The quantitative estimate of drug-likeness (QED) is 0.545. The van der Waals surface area contributed by atoms with Crippen molar-refractivity contribution in [2.75, 3.05) is 0 Å². The lowest BCUT2D eigenvalue weighted by molar-refractivity contribution is -0.137. The minimum absolute atomic E-state index is 0.146. The number of nitrogens with two attached hydrogens (primary N) is 1. The van der Waals surface area contributed by atoms with E-state index in [1.165, 1.54) is 18.2 Å². The van der Waals surface area contributed by atoms with E-state index in [4.69, 9.17) is 5.73 Å². The van der Waals surface area contributed by atoms with E-state index in [9.17, 15) is 26.7 Å². The second-order valence-corrected chi connectivity index (χ2v) is 6.91. The van der Waals surface area contributed by atoms with Crippen LogP contribution in [0.4, 0.5) is 22.0 Å². The van der Waals surface area contributed by atoms with Gasteiger partial charge in [-0.3, -0.25) is 4.79 Å². The molecule has 2 aromatic carbocycles. The van der Waals surface area contributed by atoms with E-state index in [0.717, 1.165) is 24.3 Å². The summed E-state index contributed by atoms with van der Waals surface area (Å²) in [4.78, 5) is 12.2. The molecule has 0 aliphatic heterocycles. The van der Waals surface area contributed by atoms with Gasteiger partial charge in [-0.1, -0.05) is 25.1 Å². The minimum atomic E-state index is -4.48. The molecule has 0 bridgehead atoms. The van der Waals surface area contributed by atoms with Gasteiger partial charge in [0, 0.05) is 23.5 Å². The molecule has 0 fully saturated rings. The van der Waals surface area contributed by atoms with Gasteiger partial charge in [-0.2, -0.15) is 13.2 Å². The van der Waals surface area contributed by atoms with Crippen LogP contribution in [0.5, 0.6) is 0 Å². The lowest BCUT2D eigenvalue weighted by atomic mass is 9.97. The molecule has 3 nitrogen and oxygen atoms in total. The van der Waals surface area contributed by atoms with Crippen LogP contribution in [0.25, 0.3) is 11.1 Å². The molecule has 1 aromatic heterocycles.